The number of H-pyrrole nitrogens is 1. The lowest BCUT2D eigenvalue weighted by Gasteiger charge is -2.19. The Morgan fingerprint density at radius 1 is 1.48 bits per heavy atom. The van der Waals surface area contributed by atoms with E-state index in [0.29, 0.717) is 6.54 Å². The van der Waals surface area contributed by atoms with Crippen molar-refractivity contribution < 1.29 is 4.79 Å². The summed E-state index contributed by atoms with van der Waals surface area (Å²) in [6.07, 6.45) is 6.03. The highest BCUT2D eigenvalue weighted by atomic mass is 16.2. The monoisotopic (exact) mass is 316 g/mol. The van der Waals surface area contributed by atoms with E-state index in [-0.39, 0.29) is 11.3 Å². The third-order valence-corrected chi connectivity index (χ3v) is 4.80. The van der Waals surface area contributed by atoms with E-state index in [9.17, 15) is 4.79 Å². The van der Waals surface area contributed by atoms with Crippen LogP contribution in [0.25, 0.3) is 0 Å². The van der Waals surface area contributed by atoms with Crippen molar-refractivity contribution in [3.05, 3.63) is 35.2 Å². The highest BCUT2D eigenvalue weighted by molar-refractivity contribution is 5.83. The van der Waals surface area contributed by atoms with Gasteiger partial charge in [0, 0.05) is 42.2 Å². The number of amides is 1. The Bertz CT molecular complexity index is 692. The average Bonchev–Trinajstić information content (AvgIpc) is 3.05. The van der Waals surface area contributed by atoms with Crippen LogP contribution in [0.1, 0.15) is 41.7 Å². The van der Waals surface area contributed by atoms with Gasteiger partial charge >= 0.3 is 0 Å². The van der Waals surface area contributed by atoms with Crippen LogP contribution >= 0.6 is 0 Å². The van der Waals surface area contributed by atoms with E-state index < -0.39 is 6.04 Å². The molecule has 2 aromatic rings. The van der Waals surface area contributed by atoms with Gasteiger partial charge < -0.3 is 15.6 Å². The van der Waals surface area contributed by atoms with Crippen LogP contribution in [0.2, 0.25) is 0 Å². The van der Waals surface area contributed by atoms with Crippen LogP contribution in [-0.2, 0) is 11.3 Å². The first-order valence-corrected chi connectivity index (χ1v) is 7.94. The zero-order valence-electron chi connectivity index (χ0n) is 13.9. The molecular formula is C16H24N6O. The van der Waals surface area contributed by atoms with Crippen molar-refractivity contribution in [3.8, 4) is 0 Å². The number of hydrogen-bond acceptors (Lipinski definition) is 4. The Kier molecular flexibility index (Phi) is 3.97. The van der Waals surface area contributed by atoms with Gasteiger partial charge in [0.2, 0.25) is 5.91 Å². The molecule has 1 saturated carbocycles. The summed E-state index contributed by atoms with van der Waals surface area (Å²) in [7, 11) is 0. The van der Waals surface area contributed by atoms with E-state index in [0.717, 1.165) is 42.2 Å². The predicted octanol–water partition coefficient (Wildman–Crippen LogP) is 1.13. The Hall–Kier alpha value is -2.15. The van der Waals surface area contributed by atoms with Gasteiger partial charge in [-0.25, -0.2) is 4.98 Å². The third-order valence-electron chi connectivity index (χ3n) is 4.80. The average molecular weight is 316 g/mol. The van der Waals surface area contributed by atoms with Gasteiger partial charge in [0.15, 0.2) is 0 Å². The topological polar surface area (TPSA) is 102 Å². The minimum Gasteiger partial charge on any atom is -0.354 e. The molecule has 0 radical (unpaired) electrons. The molecule has 23 heavy (non-hydrogen) atoms. The summed E-state index contributed by atoms with van der Waals surface area (Å²) in [6.45, 7) is 7.27. The fourth-order valence-corrected chi connectivity index (χ4v) is 3.03. The van der Waals surface area contributed by atoms with E-state index in [4.69, 9.17) is 5.73 Å². The van der Waals surface area contributed by atoms with Gasteiger partial charge in [-0.3, -0.25) is 9.89 Å². The number of aromatic nitrogens is 4. The van der Waals surface area contributed by atoms with E-state index in [1.807, 2.05) is 33.2 Å². The standard InChI is InChI=1S/C16H24N6O/c1-10-13(11(2)21-20-10)14(17)15(23)19-8-16(4-5-16)9-22-7-6-18-12(22)3/h6-7,14H,4-5,8-9,17H2,1-3H3,(H,19,23)(H,20,21)/t14-/m0/s1. The second-order valence-corrected chi connectivity index (χ2v) is 6.65. The SMILES string of the molecule is Cc1n[nH]c(C)c1[C@H](N)C(=O)NCC1(Cn2ccnc2C)CC1. The van der Waals surface area contributed by atoms with Crippen molar-refractivity contribution in [2.75, 3.05) is 6.54 Å². The number of carbonyl (C=O) groups is 1. The molecular weight excluding hydrogens is 292 g/mol. The van der Waals surface area contributed by atoms with Gasteiger partial charge in [0.1, 0.15) is 11.9 Å². The normalized spacial score (nSPS) is 17.0. The number of aryl methyl sites for hydroxylation is 3. The number of aromatic amines is 1. The predicted molar refractivity (Wildman–Crippen MR) is 86.6 cm³/mol. The molecule has 7 heteroatoms. The highest BCUT2D eigenvalue weighted by Gasteiger charge is 2.43. The fraction of sp³-hybridized carbons (Fsp3) is 0.562. The van der Waals surface area contributed by atoms with Gasteiger partial charge in [-0.05, 0) is 33.6 Å². The molecule has 4 N–H and O–H groups in total. The Morgan fingerprint density at radius 2 is 2.22 bits per heavy atom. The molecule has 3 rings (SSSR count). The molecule has 1 amide bonds. The van der Waals surface area contributed by atoms with Crippen molar-refractivity contribution in [2.45, 2.75) is 46.2 Å². The quantitative estimate of drug-likeness (QED) is 0.743. The second-order valence-electron chi connectivity index (χ2n) is 6.65. The van der Waals surface area contributed by atoms with Crippen LogP contribution in [0.3, 0.4) is 0 Å². The number of rotatable bonds is 6. The zero-order valence-corrected chi connectivity index (χ0v) is 13.9. The van der Waals surface area contributed by atoms with E-state index in [2.05, 4.69) is 25.1 Å². The minimum absolute atomic E-state index is 0.140. The molecule has 1 fully saturated rings. The van der Waals surface area contributed by atoms with Gasteiger partial charge in [-0.2, -0.15) is 5.10 Å². The maximum absolute atomic E-state index is 12.4. The largest absolute Gasteiger partial charge is 0.354 e. The molecule has 0 aromatic carbocycles. The van der Waals surface area contributed by atoms with Crippen LogP contribution in [0, 0.1) is 26.2 Å². The Morgan fingerprint density at radius 3 is 2.74 bits per heavy atom. The number of hydrogen-bond donors (Lipinski definition) is 3. The first-order chi connectivity index (χ1) is 10.9. The van der Waals surface area contributed by atoms with Crippen LogP contribution in [-0.4, -0.2) is 32.2 Å². The van der Waals surface area contributed by atoms with E-state index in [1.165, 1.54) is 0 Å². The molecule has 0 aliphatic heterocycles. The summed E-state index contributed by atoms with van der Waals surface area (Å²) in [4.78, 5) is 16.6. The van der Waals surface area contributed by atoms with Gasteiger partial charge in [-0.1, -0.05) is 0 Å². The molecule has 2 heterocycles. The lowest BCUT2D eigenvalue weighted by Crippen LogP contribution is -2.38. The molecule has 0 unspecified atom stereocenters. The van der Waals surface area contributed by atoms with Crippen molar-refractivity contribution in [1.29, 1.82) is 0 Å². The molecule has 1 aliphatic carbocycles. The first kappa shape index (κ1) is 15.7. The van der Waals surface area contributed by atoms with Crippen LogP contribution in [0.15, 0.2) is 12.4 Å². The van der Waals surface area contributed by atoms with E-state index in [1.54, 1.807) is 0 Å². The molecule has 0 bridgehead atoms. The lowest BCUT2D eigenvalue weighted by molar-refractivity contribution is -0.122. The molecule has 1 atom stereocenters. The van der Waals surface area contributed by atoms with Crippen LogP contribution in [0.4, 0.5) is 0 Å². The summed E-state index contributed by atoms with van der Waals surface area (Å²) < 4.78 is 2.14. The van der Waals surface area contributed by atoms with Gasteiger partial charge in [0.25, 0.3) is 0 Å². The molecule has 2 aromatic heterocycles. The summed E-state index contributed by atoms with van der Waals surface area (Å²) in [5.74, 6) is 0.857. The van der Waals surface area contributed by atoms with Gasteiger partial charge in [-0.15, -0.1) is 0 Å². The van der Waals surface area contributed by atoms with Gasteiger partial charge in [0.05, 0.1) is 5.69 Å². The first-order valence-electron chi connectivity index (χ1n) is 7.94. The summed E-state index contributed by atoms with van der Waals surface area (Å²) in [5, 5.41) is 10.00. The molecule has 0 spiro atoms. The number of imidazole rings is 1. The number of carbonyl (C=O) groups excluding carboxylic acids is 1. The molecule has 7 nitrogen and oxygen atoms in total. The minimum atomic E-state index is -0.681. The maximum Gasteiger partial charge on any atom is 0.241 e. The molecule has 1 aliphatic rings. The van der Waals surface area contributed by atoms with Crippen LogP contribution in [0.5, 0.6) is 0 Å². The third kappa shape index (κ3) is 3.14. The van der Waals surface area contributed by atoms with Crippen molar-refractivity contribution in [3.63, 3.8) is 0 Å². The van der Waals surface area contributed by atoms with E-state index >= 15 is 0 Å². The highest BCUT2D eigenvalue weighted by Crippen LogP contribution is 2.46. The molecule has 124 valence electrons. The summed E-state index contributed by atoms with van der Waals surface area (Å²) in [5.41, 5.74) is 8.66. The summed E-state index contributed by atoms with van der Waals surface area (Å²) in [6, 6.07) is -0.681. The summed E-state index contributed by atoms with van der Waals surface area (Å²) >= 11 is 0. The lowest BCUT2D eigenvalue weighted by atomic mass is 10.0. The van der Waals surface area contributed by atoms with Crippen molar-refractivity contribution in [1.82, 2.24) is 25.1 Å². The fourth-order valence-electron chi connectivity index (χ4n) is 3.03. The Labute approximate surface area is 135 Å². The maximum atomic E-state index is 12.4. The van der Waals surface area contributed by atoms with Crippen LogP contribution < -0.4 is 11.1 Å². The smallest absolute Gasteiger partial charge is 0.241 e. The Balaban J connectivity index is 1.60. The number of nitrogens with one attached hydrogen (secondary N) is 2. The zero-order chi connectivity index (χ0) is 16.6. The number of nitrogens with two attached hydrogens (primary N) is 1. The number of nitrogens with zero attached hydrogens (tertiary/aromatic N) is 3. The van der Waals surface area contributed by atoms with Crippen molar-refractivity contribution >= 4 is 5.91 Å². The second kappa shape index (κ2) is 5.81. The molecule has 0 saturated heterocycles. The van der Waals surface area contributed by atoms with Crippen molar-refractivity contribution in [2.24, 2.45) is 11.1 Å².